The average molecular weight is 176 g/mol. The Kier molecular flexibility index (Phi) is 2.06. The first kappa shape index (κ1) is 9.36. The van der Waals surface area contributed by atoms with Crippen LogP contribution in [0.4, 0.5) is 13.2 Å². The van der Waals surface area contributed by atoms with E-state index in [-0.39, 0.29) is 11.8 Å². The van der Waals surface area contributed by atoms with E-state index in [2.05, 4.69) is 0 Å². The minimum Gasteiger partial charge on any atom is -0.166 e. The van der Waals surface area contributed by atoms with E-state index < -0.39 is 11.7 Å². The van der Waals surface area contributed by atoms with Crippen LogP contribution in [0.25, 0.3) is 0 Å². The molecule has 0 N–H and O–H groups in total. The van der Waals surface area contributed by atoms with Gasteiger partial charge in [0.1, 0.15) is 0 Å². The summed E-state index contributed by atoms with van der Waals surface area (Å²) in [4.78, 5) is 0. The monoisotopic (exact) mass is 176 g/mol. The van der Waals surface area contributed by atoms with Gasteiger partial charge in [-0.25, -0.2) is 0 Å². The third-order valence-electron chi connectivity index (χ3n) is 1.85. The van der Waals surface area contributed by atoms with Crippen LogP contribution >= 0.6 is 0 Å². The fourth-order valence-corrected chi connectivity index (χ4v) is 1.23. The SMILES string of the molecule is CC1(C)C=CC=C(C(F)(F)F)C1. The lowest BCUT2D eigenvalue weighted by Crippen LogP contribution is -2.20. The summed E-state index contributed by atoms with van der Waals surface area (Å²) in [6.07, 6.45) is 0.328. The fraction of sp³-hybridized carbons (Fsp3) is 0.556. The molecule has 1 aliphatic carbocycles. The van der Waals surface area contributed by atoms with E-state index >= 15 is 0 Å². The standard InChI is InChI=1S/C9H11F3/c1-8(2)5-3-4-7(6-8)9(10,11)12/h3-5H,6H2,1-2H3. The molecule has 0 amide bonds. The van der Waals surface area contributed by atoms with Crippen molar-refractivity contribution in [2.75, 3.05) is 0 Å². The molecule has 0 aromatic rings. The topological polar surface area (TPSA) is 0 Å². The molecule has 0 nitrogen and oxygen atoms in total. The van der Waals surface area contributed by atoms with Gasteiger partial charge >= 0.3 is 6.18 Å². The van der Waals surface area contributed by atoms with Gasteiger partial charge in [0.05, 0.1) is 0 Å². The van der Waals surface area contributed by atoms with Crippen molar-refractivity contribution in [2.24, 2.45) is 5.41 Å². The first-order chi connectivity index (χ1) is 5.31. The highest BCUT2D eigenvalue weighted by atomic mass is 19.4. The predicted molar refractivity (Wildman–Crippen MR) is 41.7 cm³/mol. The second kappa shape index (κ2) is 2.64. The molecule has 68 valence electrons. The molecule has 0 bridgehead atoms. The van der Waals surface area contributed by atoms with Gasteiger partial charge in [-0.15, -0.1) is 0 Å². The Morgan fingerprint density at radius 3 is 2.25 bits per heavy atom. The van der Waals surface area contributed by atoms with E-state index in [1.165, 1.54) is 6.08 Å². The van der Waals surface area contributed by atoms with Gasteiger partial charge in [-0.2, -0.15) is 13.2 Å². The maximum Gasteiger partial charge on any atom is 0.412 e. The van der Waals surface area contributed by atoms with Crippen LogP contribution in [0.3, 0.4) is 0 Å². The molecule has 0 spiro atoms. The summed E-state index contributed by atoms with van der Waals surface area (Å²) in [5.41, 5.74) is -0.797. The van der Waals surface area contributed by atoms with E-state index in [1.54, 1.807) is 19.9 Å². The second-order valence-corrected chi connectivity index (χ2v) is 3.71. The van der Waals surface area contributed by atoms with Crippen LogP contribution in [0.2, 0.25) is 0 Å². The molecule has 0 atom stereocenters. The maximum atomic E-state index is 12.2. The maximum absolute atomic E-state index is 12.2. The zero-order valence-electron chi connectivity index (χ0n) is 7.07. The molecule has 0 radical (unpaired) electrons. The van der Waals surface area contributed by atoms with Gasteiger partial charge < -0.3 is 0 Å². The summed E-state index contributed by atoms with van der Waals surface area (Å²) in [6.45, 7) is 3.59. The lowest BCUT2D eigenvalue weighted by atomic mass is 9.82. The van der Waals surface area contributed by atoms with Crippen LogP contribution in [-0.4, -0.2) is 6.18 Å². The van der Waals surface area contributed by atoms with E-state index in [4.69, 9.17) is 0 Å². The lowest BCUT2D eigenvalue weighted by Gasteiger charge is -2.26. The van der Waals surface area contributed by atoms with Gasteiger partial charge in [0.2, 0.25) is 0 Å². The number of allylic oxidation sites excluding steroid dienone is 4. The van der Waals surface area contributed by atoms with E-state index in [0.29, 0.717) is 0 Å². The Morgan fingerprint density at radius 2 is 1.92 bits per heavy atom. The molecule has 0 saturated heterocycles. The highest BCUT2D eigenvalue weighted by Gasteiger charge is 2.36. The Hall–Kier alpha value is -0.730. The van der Waals surface area contributed by atoms with E-state index in [0.717, 1.165) is 6.08 Å². The molecule has 0 aliphatic heterocycles. The quantitative estimate of drug-likeness (QED) is 0.530. The fourth-order valence-electron chi connectivity index (χ4n) is 1.23. The van der Waals surface area contributed by atoms with Crippen molar-refractivity contribution in [2.45, 2.75) is 26.4 Å². The third kappa shape index (κ3) is 2.13. The zero-order valence-corrected chi connectivity index (χ0v) is 7.07. The van der Waals surface area contributed by atoms with E-state index in [9.17, 15) is 13.2 Å². The van der Waals surface area contributed by atoms with Gasteiger partial charge in [0, 0.05) is 5.57 Å². The Bertz CT molecular complexity index is 231. The number of rotatable bonds is 0. The van der Waals surface area contributed by atoms with Gasteiger partial charge in [-0.3, -0.25) is 0 Å². The zero-order chi connectivity index (χ0) is 9.41. The molecule has 0 fully saturated rings. The molecule has 1 aliphatic rings. The van der Waals surface area contributed by atoms with E-state index in [1.807, 2.05) is 0 Å². The Morgan fingerprint density at radius 1 is 1.33 bits per heavy atom. The molecule has 0 aromatic carbocycles. The molecule has 0 heterocycles. The van der Waals surface area contributed by atoms with Gasteiger partial charge in [0.15, 0.2) is 0 Å². The van der Waals surface area contributed by atoms with Crippen molar-refractivity contribution in [3.63, 3.8) is 0 Å². The molecule has 3 heteroatoms. The van der Waals surface area contributed by atoms with Crippen molar-refractivity contribution in [3.05, 3.63) is 23.8 Å². The number of hydrogen-bond donors (Lipinski definition) is 0. The Balaban J connectivity index is 2.84. The molecule has 12 heavy (non-hydrogen) atoms. The first-order valence-electron chi connectivity index (χ1n) is 3.77. The van der Waals surface area contributed by atoms with Crippen molar-refractivity contribution < 1.29 is 13.2 Å². The second-order valence-electron chi connectivity index (χ2n) is 3.71. The Labute approximate surface area is 69.8 Å². The summed E-state index contributed by atoms with van der Waals surface area (Å²) in [7, 11) is 0. The smallest absolute Gasteiger partial charge is 0.166 e. The van der Waals surface area contributed by atoms with Crippen molar-refractivity contribution in [3.8, 4) is 0 Å². The minimum absolute atomic E-state index is 0.0764. The summed E-state index contributed by atoms with van der Waals surface area (Å²) in [5, 5.41) is 0. The highest BCUT2D eigenvalue weighted by Crippen LogP contribution is 2.38. The number of alkyl halides is 3. The number of halogens is 3. The number of hydrogen-bond acceptors (Lipinski definition) is 0. The van der Waals surface area contributed by atoms with Gasteiger partial charge in [-0.1, -0.05) is 32.1 Å². The molecule has 0 unspecified atom stereocenters. The minimum atomic E-state index is -4.16. The van der Waals surface area contributed by atoms with Crippen LogP contribution in [0, 0.1) is 5.41 Å². The summed E-state index contributed by atoms with van der Waals surface area (Å²) in [5.74, 6) is 0. The van der Waals surface area contributed by atoms with Crippen LogP contribution in [0.5, 0.6) is 0 Å². The largest absolute Gasteiger partial charge is 0.412 e. The van der Waals surface area contributed by atoms with Gasteiger partial charge in [0.25, 0.3) is 0 Å². The van der Waals surface area contributed by atoms with Gasteiger partial charge in [-0.05, 0) is 11.8 Å². The first-order valence-corrected chi connectivity index (χ1v) is 3.77. The summed E-state index contributed by atoms with van der Waals surface area (Å²) >= 11 is 0. The van der Waals surface area contributed by atoms with Crippen molar-refractivity contribution >= 4 is 0 Å². The van der Waals surface area contributed by atoms with Crippen LogP contribution in [0.1, 0.15) is 20.3 Å². The van der Waals surface area contributed by atoms with Crippen LogP contribution in [-0.2, 0) is 0 Å². The summed E-state index contributed by atoms with van der Waals surface area (Å²) < 4.78 is 36.5. The van der Waals surface area contributed by atoms with Crippen LogP contribution in [0.15, 0.2) is 23.8 Å². The van der Waals surface area contributed by atoms with Crippen molar-refractivity contribution in [1.29, 1.82) is 0 Å². The highest BCUT2D eigenvalue weighted by molar-refractivity contribution is 5.25. The molecular formula is C9H11F3. The average Bonchev–Trinajstić information content (AvgIpc) is 1.83. The van der Waals surface area contributed by atoms with Crippen LogP contribution < -0.4 is 0 Å². The van der Waals surface area contributed by atoms with Crippen molar-refractivity contribution in [1.82, 2.24) is 0 Å². The molecule has 0 saturated carbocycles. The molecule has 0 aromatic heterocycles. The normalized spacial score (nSPS) is 22.2. The molecular weight excluding hydrogens is 165 g/mol. The lowest BCUT2D eigenvalue weighted by molar-refractivity contribution is -0.0963. The molecule has 1 rings (SSSR count). The predicted octanol–water partition coefficient (Wildman–Crippen LogP) is 3.46. The summed E-state index contributed by atoms with van der Waals surface area (Å²) in [6, 6.07) is 0. The third-order valence-corrected chi connectivity index (χ3v) is 1.85.